The summed E-state index contributed by atoms with van der Waals surface area (Å²) >= 11 is 12.1. The van der Waals surface area contributed by atoms with Gasteiger partial charge < -0.3 is 14.8 Å². The molecule has 0 spiro atoms. The third kappa shape index (κ3) is 7.34. The number of rotatable bonds is 7. The molecular formula is C26H25Cl2F6NO3. The zero-order chi connectivity index (χ0) is 27.7. The van der Waals surface area contributed by atoms with Gasteiger partial charge in [-0.2, -0.15) is 26.3 Å². The number of halogens is 8. The molecule has 2 aliphatic rings. The predicted octanol–water partition coefficient (Wildman–Crippen LogP) is 7.26. The second-order valence-corrected chi connectivity index (χ2v) is 10.5. The summed E-state index contributed by atoms with van der Waals surface area (Å²) in [6.45, 7) is 0.650. The molecule has 0 bridgehead atoms. The zero-order valence-corrected chi connectivity index (χ0v) is 21.5. The Hall–Kier alpha value is -2.01. The van der Waals surface area contributed by atoms with Crippen LogP contribution < -0.4 is 5.32 Å². The van der Waals surface area contributed by atoms with E-state index in [0.717, 1.165) is 17.7 Å². The van der Waals surface area contributed by atoms with Crippen LogP contribution in [-0.4, -0.2) is 32.0 Å². The Morgan fingerprint density at radius 3 is 2.26 bits per heavy atom. The van der Waals surface area contributed by atoms with E-state index >= 15 is 0 Å². The molecule has 0 aromatic heterocycles. The number of amides is 1. The van der Waals surface area contributed by atoms with E-state index < -0.39 is 35.7 Å². The minimum atomic E-state index is -4.94. The van der Waals surface area contributed by atoms with Gasteiger partial charge in [0.25, 0.3) is 0 Å². The fraction of sp³-hybridized carbons (Fsp3) is 0.500. The topological polar surface area (TPSA) is 47.6 Å². The molecule has 0 radical (unpaired) electrons. The van der Waals surface area contributed by atoms with E-state index in [1.165, 1.54) is 0 Å². The summed E-state index contributed by atoms with van der Waals surface area (Å²) in [7, 11) is 0. The van der Waals surface area contributed by atoms with Gasteiger partial charge in [0.1, 0.15) is 0 Å². The Morgan fingerprint density at radius 1 is 1.00 bits per heavy atom. The molecule has 2 heterocycles. The van der Waals surface area contributed by atoms with Gasteiger partial charge in [0.2, 0.25) is 5.91 Å². The number of alkyl halides is 6. The van der Waals surface area contributed by atoms with Gasteiger partial charge in [-0.3, -0.25) is 4.79 Å². The zero-order valence-electron chi connectivity index (χ0n) is 20.0. The highest BCUT2D eigenvalue weighted by atomic mass is 35.5. The molecule has 4 unspecified atom stereocenters. The monoisotopic (exact) mass is 583 g/mol. The van der Waals surface area contributed by atoms with E-state index in [-0.39, 0.29) is 55.4 Å². The summed E-state index contributed by atoms with van der Waals surface area (Å²) in [6.07, 6.45) is -9.35. The molecule has 0 aliphatic carbocycles. The fourth-order valence-electron chi connectivity index (χ4n) is 4.94. The van der Waals surface area contributed by atoms with E-state index in [4.69, 9.17) is 32.7 Å². The lowest BCUT2D eigenvalue weighted by molar-refractivity contribution is -0.175. The number of hydrogen-bond donors (Lipinski definition) is 1. The number of carbonyl (C=O) groups excluding carboxylic acids is 1. The first-order chi connectivity index (χ1) is 17.8. The predicted molar refractivity (Wildman–Crippen MR) is 129 cm³/mol. The lowest BCUT2D eigenvalue weighted by Crippen LogP contribution is -2.32. The van der Waals surface area contributed by atoms with Gasteiger partial charge in [0, 0.05) is 19.4 Å². The van der Waals surface area contributed by atoms with Crippen molar-refractivity contribution in [1.29, 1.82) is 0 Å². The lowest BCUT2D eigenvalue weighted by atomic mass is 9.85. The summed E-state index contributed by atoms with van der Waals surface area (Å²) in [5.74, 6) is -1.00. The van der Waals surface area contributed by atoms with Gasteiger partial charge in [0.05, 0.1) is 34.4 Å². The summed E-state index contributed by atoms with van der Waals surface area (Å²) in [5.41, 5.74) is -1.91. The maximum Gasteiger partial charge on any atom is 0.416 e. The van der Waals surface area contributed by atoms with Crippen LogP contribution in [0.2, 0.25) is 10.0 Å². The van der Waals surface area contributed by atoms with Crippen LogP contribution in [-0.2, 0) is 33.0 Å². The molecule has 208 valence electrons. The highest BCUT2D eigenvalue weighted by molar-refractivity contribution is 6.42. The summed E-state index contributed by atoms with van der Waals surface area (Å²) in [5, 5.41) is 3.53. The standard InChI is InChI=1S/C26H25Cl2F6NO3/c27-21-2-1-15(8-22(21)28)16-3-4-37-24(10-16)38-13-18(17-9-23(36)35-12-17)5-14-6-19(25(29,30)31)11-20(7-14)26(32,33)34/h1-2,6-8,11,16-18,24H,3-5,9-10,12-13H2,(H,35,36). The van der Waals surface area contributed by atoms with Crippen molar-refractivity contribution < 1.29 is 40.6 Å². The average molecular weight is 584 g/mol. The number of carbonyl (C=O) groups is 1. The van der Waals surface area contributed by atoms with E-state index in [9.17, 15) is 31.1 Å². The third-order valence-corrected chi connectivity index (χ3v) is 7.72. The maximum atomic E-state index is 13.4. The Kier molecular flexibility index (Phi) is 8.86. The quantitative estimate of drug-likeness (QED) is 0.349. The van der Waals surface area contributed by atoms with E-state index in [2.05, 4.69) is 5.32 Å². The second kappa shape index (κ2) is 11.6. The molecule has 1 N–H and O–H groups in total. The van der Waals surface area contributed by atoms with Gasteiger partial charge in [-0.1, -0.05) is 29.3 Å². The fourth-order valence-corrected chi connectivity index (χ4v) is 5.24. The molecule has 38 heavy (non-hydrogen) atoms. The summed E-state index contributed by atoms with van der Waals surface area (Å²) in [6, 6.07) is 6.91. The molecule has 2 saturated heterocycles. The number of benzene rings is 2. The van der Waals surface area contributed by atoms with E-state index in [1.54, 1.807) is 12.1 Å². The molecule has 2 aliphatic heterocycles. The van der Waals surface area contributed by atoms with Crippen LogP contribution in [0.5, 0.6) is 0 Å². The Labute approximate surface area is 225 Å². The highest BCUT2D eigenvalue weighted by Gasteiger charge is 2.38. The SMILES string of the molecule is O=C1CC(C(COC2CC(c3ccc(Cl)c(Cl)c3)CCO2)Cc2cc(C(F)(F)F)cc(C(F)(F)F)c2)CN1. The largest absolute Gasteiger partial charge is 0.416 e. The molecule has 0 saturated carbocycles. The molecular weight excluding hydrogens is 559 g/mol. The summed E-state index contributed by atoms with van der Waals surface area (Å²) in [4.78, 5) is 11.8. The van der Waals surface area contributed by atoms with Crippen molar-refractivity contribution in [2.75, 3.05) is 19.8 Å². The van der Waals surface area contributed by atoms with Gasteiger partial charge >= 0.3 is 12.4 Å². The van der Waals surface area contributed by atoms with Crippen molar-refractivity contribution in [3.8, 4) is 0 Å². The minimum Gasteiger partial charge on any atom is -0.356 e. The number of nitrogens with one attached hydrogen (secondary N) is 1. The van der Waals surface area contributed by atoms with Crippen molar-refractivity contribution in [2.24, 2.45) is 11.8 Å². The van der Waals surface area contributed by atoms with Crippen LogP contribution in [0.1, 0.15) is 47.4 Å². The van der Waals surface area contributed by atoms with Crippen LogP contribution >= 0.6 is 23.2 Å². The van der Waals surface area contributed by atoms with Crippen LogP contribution in [0.3, 0.4) is 0 Å². The van der Waals surface area contributed by atoms with Crippen molar-refractivity contribution >= 4 is 29.1 Å². The molecule has 1 amide bonds. The molecule has 12 heteroatoms. The van der Waals surface area contributed by atoms with Crippen molar-refractivity contribution in [3.05, 3.63) is 68.7 Å². The molecule has 2 aromatic rings. The van der Waals surface area contributed by atoms with Crippen LogP contribution in [0.25, 0.3) is 0 Å². The normalized spacial score (nSPS) is 23.4. The highest BCUT2D eigenvalue weighted by Crippen LogP contribution is 2.38. The van der Waals surface area contributed by atoms with Crippen LogP contribution in [0, 0.1) is 11.8 Å². The first-order valence-electron chi connectivity index (χ1n) is 12.0. The van der Waals surface area contributed by atoms with Gasteiger partial charge in [-0.05, 0) is 72.1 Å². The minimum absolute atomic E-state index is 0.00398. The number of hydrogen-bond acceptors (Lipinski definition) is 3. The average Bonchev–Trinajstić information content (AvgIpc) is 3.28. The molecule has 4 rings (SSSR count). The lowest BCUT2D eigenvalue weighted by Gasteiger charge is -2.32. The van der Waals surface area contributed by atoms with Crippen molar-refractivity contribution in [2.45, 2.75) is 50.2 Å². The van der Waals surface area contributed by atoms with Crippen molar-refractivity contribution in [3.63, 3.8) is 0 Å². The Bertz CT molecular complexity index is 1120. The first kappa shape index (κ1) is 29.0. The maximum absolute atomic E-state index is 13.4. The second-order valence-electron chi connectivity index (χ2n) is 9.68. The Morgan fingerprint density at radius 2 is 1.68 bits per heavy atom. The smallest absolute Gasteiger partial charge is 0.356 e. The van der Waals surface area contributed by atoms with Crippen LogP contribution in [0.15, 0.2) is 36.4 Å². The van der Waals surface area contributed by atoms with E-state index in [0.29, 0.717) is 29.5 Å². The van der Waals surface area contributed by atoms with E-state index in [1.807, 2.05) is 6.07 Å². The third-order valence-electron chi connectivity index (χ3n) is 6.98. The molecule has 4 nitrogen and oxygen atoms in total. The molecule has 2 aromatic carbocycles. The van der Waals surface area contributed by atoms with Gasteiger partial charge in [0.15, 0.2) is 6.29 Å². The van der Waals surface area contributed by atoms with Gasteiger partial charge in [-0.25, -0.2) is 0 Å². The molecule has 2 fully saturated rings. The van der Waals surface area contributed by atoms with Gasteiger partial charge in [-0.15, -0.1) is 0 Å². The molecule has 4 atom stereocenters. The van der Waals surface area contributed by atoms with Crippen molar-refractivity contribution in [1.82, 2.24) is 5.32 Å². The Balaban J connectivity index is 1.50. The summed E-state index contributed by atoms with van der Waals surface area (Å²) < 4.78 is 91.9. The van der Waals surface area contributed by atoms with Crippen LogP contribution in [0.4, 0.5) is 26.3 Å². The number of ether oxygens (including phenoxy) is 2. The first-order valence-corrected chi connectivity index (χ1v) is 12.8.